The molecular formula is C27H33F3N6O4. The molecule has 216 valence electrons. The average Bonchev–Trinajstić information content (AvgIpc) is 3.21. The van der Waals surface area contributed by atoms with E-state index in [-0.39, 0.29) is 35.1 Å². The maximum Gasteiger partial charge on any atom is 0.420 e. The minimum Gasteiger partial charge on any atom is -0.444 e. The van der Waals surface area contributed by atoms with Crippen LogP contribution in [0.1, 0.15) is 59.9 Å². The summed E-state index contributed by atoms with van der Waals surface area (Å²) < 4.78 is 54.3. The molecule has 1 N–H and O–H groups in total. The number of piperidine rings is 1. The summed E-state index contributed by atoms with van der Waals surface area (Å²) in [5.74, 6) is -0.0407. The van der Waals surface area contributed by atoms with Crippen LogP contribution in [0.3, 0.4) is 0 Å². The summed E-state index contributed by atoms with van der Waals surface area (Å²) in [5, 5.41) is 3.36. The maximum atomic E-state index is 14.1. The quantitative estimate of drug-likeness (QED) is 0.407. The zero-order chi connectivity index (χ0) is 29.5. The second kappa shape index (κ2) is 10.6. The van der Waals surface area contributed by atoms with Crippen molar-refractivity contribution in [2.75, 3.05) is 18.4 Å². The number of amides is 1. The molecule has 4 rings (SSSR count). The number of rotatable bonds is 3. The molecule has 4 heterocycles. The molecule has 0 saturated carbocycles. The Morgan fingerprint density at radius 2 is 1.70 bits per heavy atom. The summed E-state index contributed by atoms with van der Waals surface area (Å²) >= 11 is 0. The van der Waals surface area contributed by atoms with Gasteiger partial charge >= 0.3 is 18.4 Å². The number of carbonyl (C=O) groups excluding carboxylic acids is 2. The predicted octanol–water partition coefficient (Wildman–Crippen LogP) is 6.11. The number of alkyl halides is 3. The van der Waals surface area contributed by atoms with Gasteiger partial charge in [0.05, 0.1) is 5.69 Å². The monoisotopic (exact) mass is 562 g/mol. The number of nitrogens with zero attached hydrogens (tertiary/aromatic N) is 5. The Kier molecular flexibility index (Phi) is 7.70. The summed E-state index contributed by atoms with van der Waals surface area (Å²) in [4.78, 5) is 39.4. The van der Waals surface area contributed by atoms with E-state index in [1.165, 1.54) is 12.4 Å². The van der Waals surface area contributed by atoms with Crippen molar-refractivity contribution in [2.24, 2.45) is 0 Å². The van der Waals surface area contributed by atoms with Crippen LogP contribution >= 0.6 is 0 Å². The zero-order valence-electron chi connectivity index (χ0n) is 23.3. The molecule has 0 radical (unpaired) electrons. The number of nitrogens with one attached hydrogen (secondary N) is 1. The Hall–Kier alpha value is -3.90. The molecule has 0 aliphatic carbocycles. The smallest absolute Gasteiger partial charge is 0.420 e. The first-order chi connectivity index (χ1) is 18.5. The van der Waals surface area contributed by atoms with Gasteiger partial charge < -0.3 is 19.7 Å². The molecule has 1 atom stereocenters. The lowest BCUT2D eigenvalue weighted by Crippen LogP contribution is -2.47. The highest BCUT2D eigenvalue weighted by atomic mass is 19.4. The first-order valence-corrected chi connectivity index (χ1v) is 12.9. The summed E-state index contributed by atoms with van der Waals surface area (Å²) in [6.45, 7) is 11.2. The van der Waals surface area contributed by atoms with Gasteiger partial charge in [-0.25, -0.2) is 29.1 Å². The third kappa shape index (κ3) is 6.80. The molecule has 0 bridgehead atoms. The van der Waals surface area contributed by atoms with Crippen molar-refractivity contribution in [3.05, 3.63) is 36.3 Å². The summed E-state index contributed by atoms with van der Waals surface area (Å²) in [6.07, 6.45) is -1.30. The van der Waals surface area contributed by atoms with Gasteiger partial charge in [-0.1, -0.05) is 0 Å². The summed E-state index contributed by atoms with van der Waals surface area (Å²) in [5.41, 5.74) is -2.79. The Labute approximate surface area is 229 Å². The molecule has 1 amide bonds. The van der Waals surface area contributed by atoms with Gasteiger partial charge in [0, 0.05) is 48.7 Å². The fourth-order valence-electron chi connectivity index (χ4n) is 4.33. The normalized spacial score (nSPS) is 16.6. The minimum absolute atomic E-state index is 0.0407. The van der Waals surface area contributed by atoms with E-state index in [0.717, 1.165) is 4.57 Å². The van der Waals surface area contributed by atoms with E-state index in [4.69, 9.17) is 9.47 Å². The Morgan fingerprint density at radius 1 is 1.02 bits per heavy atom. The SMILES string of the molecule is CC(C)(C)OC(=O)N1CCCC(Nc2ncc(C(F)(F)F)c(-c3cn(C(=O)OC(C)(C)C)c4ncccc34)n2)C1. The van der Waals surface area contributed by atoms with Gasteiger partial charge in [-0.15, -0.1) is 0 Å². The van der Waals surface area contributed by atoms with Crippen LogP contribution in [0.2, 0.25) is 0 Å². The van der Waals surface area contributed by atoms with E-state index in [1.807, 2.05) is 0 Å². The highest BCUT2D eigenvalue weighted by molar-refractivity contribution is 5.98. The summed E-state index contributed by atoms with van der Waals surface area (Å²) in [7, 11) is 0. The minimum atomic E-state index is -4.77. The number of hydrogen-bond acceptors (Lipinski definition) is 8. The second-order valence-electron chi connectivity index (χ2n) is 11.6. The molecule has 10 nitrogen and oxygen atoms in total. The van der Waals surface area contributed by atoms with Crippen molar-refractivity contribution in [2.45, 2.75) is 77.8 Å². The zero-order valence-corrected chi connectivity index (χ0v) is 23.3. The van der Waals surface area contributed by atoms with Crippen LogP contribution < -0.4 is 5.32 Å². The topological polar surface area (TPSA) is 111 Å². The van der Waals surface area contributed by atoms with Gasteiger partial charge in [0.2, 0.25) is 5.95 Å². The number of halogens is 3. The third-order valence-electron chi connectivity index (χ3n) is 5.91. The van der Waals surface area contributed by atoms with Gasteiger partial charge in [0.15, 0.2) is 0 Å². The van der Waals surface area contributed by atoms with E-state index in [2.05, 4.69) is 20.3 Å². The van der Waals surface area contributed by atoms with Crippen molar-refractivity contribution in [1.29, 1.82) is 0 Å². The van der Waals surface area contributed by atoms with Crippen molar-refractivity contribution in [3.63, 3.8) is 0 Å². The van der Waals surface area contributed by atoms with Gasteiger partial charge in [0.25, 0.3) is 0 Å². The number of hydrogen-bond donors (Lipinski definition) is 1. The third-order valence-corrected chi connectivity index (χ3v) is 5.91. The van der Waals surface area contributed by atoms with Crippen molar-refractivity contribution in [1.82, 2.24) is 24.4 Å². The van der Waals surface area contributed by atoms with Gasteiger partial charge in [-0.3, -0.25) is 0 Å². The van der Waals surface area contributed by atoms with Crippen LogP contribution in [0.5, 0.6) is 0 Å². The molecule has 40 heavy (non-hydrogen) atoms. The molecular weight excluding hydrogens is 529 g/mol. The Bertz CT molecular complexity index is 1410. The maximum absolute atomic E-state index is 14.1. The van der Waals surface area contributed by atoms with Crippen LogP contribution in [0.4, 0.5) is 28.7 Å². The molecule has 1 fully saturated rings. The van der Waals surface area contributed by atoms with E-state index in [0.29, 0.717) is 25.6 Å². The van der Waals surface area contributed by atoms with Gasteiger partial charge in [-0.05, 0) is 66.5 Å². The molecule has 13 heteroatoms. The number of anilines is 1. The Morgan fingerprint density at radius 3 is 2.35 bits per heavy atom. The molecule has 1 aliphatic rings. The van der Waals surface area contributed by atoms with Crippen molar-refractivity contribution >= 4 is 29.2 Å². The van der Waals surface area contributed by atoms with E-state index in [1.54, 1.807) is 58.6 Å². The number of pyridine rings is 1. The van der Waals surface area contributed by atoms with Crippen LogP contribution in [0.25, 0.3) is 22.3 Å². The molecule has 0 aromatic carbocycles. The van der Waals surface area contributed by atoms with E-state index < -0.39 is 40.8 Å². The van der Waals surface area contributed by atoms with Crippen LogP contribution in [-0.4, -0.2) is 66.9 Å². The molecule has 1 saturated heterocycles. The Balaban J connectivity index is 1.70. The fraction of sp³-hybridized carbons (Fsp3) is 0.519. The van der Waals surface area contributed by atoms with Crippen LogP contribution in [-0.2, 0) is 15.7 Å². The van der Waals surface area contributed by atoms with E-state index >= 15 is 0 Å². The average molecular weight is 563 g/mol. The first-order valence-electron chi connectivity index (χ1n) is 12.9. The summed E-state index contributed by atoms with van der Waals surface area (Å²) in [6, 6.07) is 2.82. The molecule has 3 aromatic heterocycles. The number of fused-ring (bicyclic) bond motifs is 1. The first kappa shape index (κ1) is 29.1. The van der Waals surface area contributed by atoms with Crippen molar-refractivity contribution in [3.8, 4) is 11.3 Å². The van der Waals surface area contributed by atoms with E-state index in [9.17, 15) is 22.8 Å². The largest absolute Gasteiger partial charge is 0.444 e. The number of aromatic nitrogens is 4. The second-order valence-corrected chi connectivity index (χ2v) is 11.6. The molecule has 1 unspecified atom stereocenters. The van der Waals surface area contributed by atoms with Gasteiger partial charge in [0.1, 0.15) is 22.4 Å². The lowest BCUT2D eigenvalue weighted by molar-refractivity contribution is -0.137. The van der Waals surface area contributed by atoms with Gasteiger partial charge in [-0.2, -0.15) is 13.2 Å². The molecule has 0 spiro atoms. The van der Waals surface area contributed by atoms with Crippen LogP contribution in [0, 0.1) is 0 Å². The molecule has 1 aliphatic heterocycles. The number of ether oxygens (including phenoxy) is 2. The number of likely N-dealkylation sites (tertiary alicyclic amines) is 1. The lowest BCUT2D eigenvalue weighted by atomic mass is 10.1. The number of carbonyl (C=O) groups is 2. The fourth-order valence-corrected chi connectivity index (χ4v) is 4.33. The predicted molar refractivity (Wildman–Crippen MR) is 142 cm³/mol. The standard InChI is InChI=1S/C27H33F3N6O4/c1-25(2,3)39-23(37)35-12-8-9-16(14-35)33-22-32-13-19(27(28,29)30)20(34-22)18-15-36(24(38)40-26(4,5)6)21-17(18)10-7-11-31-21/h7,10-11,13,15-16H,8-9,12,14H2,1-6H3,(H,32,33,34). The highest BCUT2D eigenvalue weighted by Crippen LogP contribution is 2.39. The van der Waals surface area contributed by atoms with Crippen LogP contribution in [0.15, 0.2) is 30.7 Å². The highest BCUT2D eigenvalue weighted by Gasteiger charge is 2.37. The lowest BCUT2D eigenvalue weighted by Gasteiger charge is -2.34. The molecule has 3 aromatic rings. The van der Waals surface area contributed by atoms with Crippen molar-refractivity contribution < 1.29 is 32.2 Å².